The van der Waals surface area contributed by atoms with E-state index >= 15 is 0 Å². The second-order valence-electron chi connectivity index (χ2n) is 3.99. The Labute approximate surface area is 109 Å². The van der Waals surface area contributed by atoms with Gasteiger partial charge in [0.15, 0.2) is 0 Å². The van der Waals surface area contributed by atoms with Gasteiger partial charge in [-0.3, -0.25) is 0 Å². The quantitative estimate of drug-likeness (QED) is 0.749. The zero-order chi connectivity index (χ0) is 14.3. The number of esters is 1. The van der Waals surface area contributed by atoms with Gasteiger partial charge >= 0.3 is 12.1 Å². The number of hydrogen-bond acceptors (Lipinski definition) is 3. The Kier molecular flexibility index (Phi) is 5.82. The molecule has 0 saturated heterocycles. The van der Waals surface area contributed by atoms with Crippen molar-refractivity contribution in [3.8, 4) is 0 Å². The van der Waals surface area contributed by atoms with Crippen LogP contribution in [0.4, 0.5) is 13.2 Å². The van der Waals surface area contributed by atoms with Crippen molar-refractivity contribution in [1.29, 1.82) is 0 Å². The van der Waals surface area contributed by atoms with Gasteiger partial charge in [-0.05, 0) is 12.0 Å². The average molecular weight is 276 g/mol. The van der Waals surface area contributed by atoms with Gasteiger partial charge in [0.25, 0.3) is 0 Å². The highest BCUT2D eigenvalue weighted by Gasteiger charge is 2.41. The van der Waals surface area contributed by atoms with Crippen molar-refractivity contribution < 1.29 is 27.4 Å². The molecule has 6 heteroatoms. The average Bonchev–Trinajstić information content (AvgIpc) is 2.38. The van der Waals surface area contributed by atoms with E-state index in [-0.39, 0.29) is 12.5 Å². The van der Waals surface area contributed by atoms with Crippen LogP contribution in [0.5, 0.6) is 0 Å². The Bertz CT molecular complexity index is 390. The van der Waals surface area contributed by atoms with Crippen LogP contribution in [-0.2, 0) is 14.3 Å². The van der Waals surface area contributed by atoms with E-state index in [4.69, 9.17) is 4.74 Å². The minimum atomic E-state index is -4.96. The summed E-state index contributed by atoms with van der Waals surface area (Å²) in [5, 5.41) is 0. The summed E-state index contributed by atoms with van der Waals surface area (Å²) < 4.78 is 45.4. The maximum absolute atomic E-state index is 12.1. The molecule has 1 unspecified atom stereocenters. The molecular formula is C13H15F3O3. The molecule has 3 nitrogen and oxygen atoms in total. The predicted octanol–water partition coefficient (Wildman–Crippen LogP) is 2.91. The lowest BCUT2D eigenvalue weighted by Gasteiger charge is -2.17. The van der Waals surface area contributed by atoms with Crippen LogP contribution in [0.2, 0.25) is 0 Å². The van der Waals surface area contributed by atoms with E-state index in [2.05, 4.69) is 4.74 Å². The Morgan fingerprint density at radius 1 is 1.26 bits per heavy atom. The van der Waals surface area contributed by atoms with E-state index in [0.717, 1.165) is 5.56 Å². The molecule has 0 spiro atoms. The van der Waals surface area contributed by atoms with Gasteiger partial charge in [0, 0.05) is 19.6 Å². The molecule has 0 fully saturated rings. The molecule has 0 bridgehead atoms. The van der Waals surface area contributed by atoms with E-state index < -0.39 is 12.1 Å². The summed E-state index contributed by atoms with van der Waals surface area (Å²) in [7, 11) is 1.50. The lowest BCUT2D eigenvalue weighted by molar-refractivity contribution is -0.200. The molecule has 0 radical (unpaired) electrons. The number of alkyl halides is 3. The Morgan fingerprint density at radius 3 is 2.42 bits per heavy atom. The number of ether oxygens (including phenoxy) is 2. The summed E-state index contributed by atoms with van der Waals surface area (Å²) in [6, 6.07) is 8.92. The van der Waals surface area contributed by atoms with Crippen LogP contribution in [0.1, 0.15) is 17.9 Å². The van der Waals surface area contributed by atoms with Crippen molar-refractivity contribution >= 4 is 5.97 Å². The standard InChI is InChI=1S/C13H15F3O3/c1-18-8-7-11(10-5-3-2-4-6-10)9-19-12(17)13(14,15)16/h2-6,11H,7-9H2,1H3. The fourth-order valence-electron chi connectivity index (χ4n) is 1.59. The summed E-state index contributed by atoms with van der Waals surface area (Å²) in [4.78, 5) is 10.7. The van der Waals surface area contributed by atoms with Crippen molar-refractivity contribution in [2.75, 3.05) is 20.3 Å². The topological polar surface area (TPSA) is 35.5 Å². The van der Waals surface area contributed by atoms with Crippen molar-refractivity contribution in [3.63, 3.8) is 0 Å². The van der Waals surface area contributed by atoms with Crippen LogP contribution in [0, 0.1) is 0 Å². The zero-order valence-electron chi connectivity index (χ0n) is 10.4. The van der Waals surface area contributed by atoms with E-state index in [1.54, 1.807) is 30.3 Å². The monoisotopic (exact) mass is 276 g/mol. The zero-order valence-corrected chi connectivity index (χ0v) is 10.4. The molecule has 0 amide bonds. The summed E-state index contributed by atoms with van der Waals surface area (Å²) in [6.45, 7) is 0.0643. The van der Waals surface area contributed by atoms with Crippen molar-refractivity contribution in [2.24, 2.45) is 0 Å². The summed E-state index contributed by atoms with van der Waals surface area (Å²) in [6.07, 6.45) is -4.48. The molecule has 0 heterocycles. The normalized spacial score (nSPS) is 13.1. The largest absolute Gasteiger partial charge is 0.490 e. The maximum atomic E-state index is 12.1. The molecule has 0 aliphatic carbocycles. The van der Waals surface area contributed by atoms with E-state index in [0.29, 0.717) is 13.0 Å². The van der Waals surface area contributed by atoms with E-state index in [1.807, 2.05) is 0 Å². The molecule has 0 aliphatic rings. The predicted molar refractivity (Wildman–Crippen MR) is 62.7 cm³/mol. The van der Waals surface area contributed by atoms with Gasteiger partial charge in [-0.25, -0.2) is 4.79 Å². The molecule has 0 aromatic heterocycles. The van der Waals surface area contributed by atoms with Gasteiger partial charge in [-0.15, -0.1) is 0 Å². The minimum absolute atomic E-state index is 0.313. The lowest BCUT2D eigenvalue weighted by atomic mass is 9.97. The number of rotatable bonds is 6. The Hall–Kier alpha value is -1.56. The third-order valence-corrected chi connectivity index (χ3v) is 2.59. The van der Waals surface area contributed by atoms with Gasteiger partial charge in [-0.2, -0.15) is 13.2 Å². The van der Waals surface area contributed by atoms with E-state index in [1.165, 1.54) is 7.11 Å². The SMILES string of the molecule is COCCC(COC(=O)C(F)(F)F)c1ccccc1. The van der Waals surface area contributed by atoms with Gasteiger partial charge < -0.3 is 9.47 Å². The fraction of sp³-hybridized carbons (Fsp3) is 0.462. The number of methoxy groups -OCH3 is 1. The molecule has 106 valence electrons. The molecule has 1 aromatic rings. The van der Waals surface area contributed by atoms with Gasteiger partial charge in [0.05, 0.1) is 6.61 Å². The minimum Gasteiger partial charge on any atom is -0.458 e. The Balaban J connectivity index is 2.63. The van der Waals surface area contributed by atoms with Crippen LogP contribution >= 0.6 is 0 Å². The van der Waals surface area contributed by atoms with Gasteiger partial charge in [0.1, 0.15) is 0 Å². The Morgan fingerprint density at radius 2 is 1.89 bits per heavy atom. The molecule has 0 N–H and O–H groups in total. The van der Waals surface area contributed by atoms with Crippen molar-refractivity contribution in [1.82, 2.24) is 0 Å². The first-order valence-electron chi connectivity index (χ1n) is 5.73. The third-order valence-electron chi connectivity index (χ3n) is 2.59. The number of hydrogen-bond donors (Lipinski definition) is 0. The first-order chi connectivity index (χ1) is 8.95. The maximum Gasteiger partial charge on any atom is 0.490 e. The number of halogens is 3. The summed E-state index contributed by atoms with van der Waals surface area (Å²) in [5.74, 6) is -2.47. The van der Waals surface area contributed by atoms with Gasteiger partial charge in [-0.1, -0.05) is 30.3 Å². The van der Waals surface area contributed by atoms with Crippen LogP contribution in [-0.4, -0.2) is 32.5 Å². The summed E-state index contributed by atoms with van der Waals surface area (Å²) in [5.41, 5.74) is 0.814. The van der Waals surface area contributed by atoms with Crippen LogP contribution in [0.15, 0.2) is 30.3 Å². The smallest absolute Gasteiger partial charge is 0.458 e. The third kappa shape index (κ3) is 5.30. The molecule has 19 heavy (non-hydrogen) atoms. The van der Waals surface area contributed by atoms with Crippen molar-refractivity contribution in [2.45, 2.75) is 18.5 Å². The van der Waals surface area contributed by atoms with Gasteiger partial charge in [0.2, 0.25) is 0 Å². The lowest BCUT2D eigenvalue weighted by Crippen LogP contribution is -2.27. The van der Waals surface area contributed by atoms with Crippen LogP contribution in [0.25, 0.3) is 0 Å². The number of benzene rings is 1. The highest BCUT2D eigenvalue weighted by atomic mass is 19.4. The molecule has 0 aliphatic heterocycles. The molecule has 0 saturated carbocycles. The molecule has 1 aromatic carbocycles. The number of carbonyl (C=O) groups excluding carboxylic acids is 1. The highest BCUT2D eigenvalue weighted by Crippen LogP contribution is 2.22. The van der Waals surface area contributed by atoms with Crippen LogP contribution in [0.3, 0.4) is 0 Å². The molecule has 1 atom stereocenters. The second-order valence-corrected chi connectivity index (χ2v) is 3.99. The van der Waals surface area contributed by atoms with E-state index in [9.17, 15) is 18.0 Å². The first-order valence-corrected chi connectivity index (χ1v) is 5.73. The first kappa shape index (κ1) is 15.5. The molecular weight excluding hydrogens is 261 g/mol. The van der Waals surface area contributed by atoms with Crippen molar-refractivity contribution in [3.05, 3.63) is 35.9 Å². The molecule has 1 rings (SSSR count). The highest BCUT2D eigenvalue weighted by molar-refractivity contribution is 5.75. The van der Waals surface area contributed by atoms with Crippen LogP contribution < -0.4 is 0 Å². The number of carbonyl (C=O) groups is 1. The second kappa shape index (κ2) is 7.13. The fourth-order valence-corrected chi connectivity index (χ4v) is 1.59. The summed E-state index contributed by atoms with van der Waals surface area (Å²) >= 11 is 0.